The van der Waals surface area contributed by atoms with Crippen LogP contribution >= 0.6 is 0 Å². The van der Waals surface area contributed by atoms with Crippen LogP contribution in [-0.4, -0.2) is 54.2 Å². The summed E-state index contributed by atoms with van der Waals surface area (Å²) in [6, 6.07) is 5.32. The minimum absolute atomic E-state index is 0.149. The number of tetrazole rings is 1. The third kappa shape index (κ3) is 3.47. The molecule has 0 amide bonds. The molecular weight excluding hydrogens is 274 g/mol. The normalized spacial score (nSPS) is 12.3. The molecule has 0 bridgehead atoms. The first-order valence-electron chi connectivity index (χ1n) is 6.41. The zero-order valence-corrected chi connectivity index (χ0v) is 12.3. The second-order valence-electron chi connectivity index (χ2n) is 4.46. The maximum Gasteiger partial charge on any atom is 0.185 e. The number of nitrogens with zero attached hydrogens (tertiary/aromatic N) is 4. The van der Waals surface area contributed by atoms with Crippen LogP contribution in [0.4, 0.5) is 5.69 Å². The van der Waals surface area contributed by atoms with Crippen LogP contribution in [0.2, 0.25) is 0 Å². The summed E-state index contributed by atoms with van der Waals surface area (Å²) in [5.41, 5.74) is 7.18. The SMILES string of the molecule is COCC(Cn1nnnc1-c1cc(N)ccc1OC)OC. The van der Waals surface area contributed by atoms with E-state index in [0.717, 1.165) is 5.56 Å². The second-order valence-corrected chi connectivity index (χ2v) is 4.46. The Hall–Kier alpha value is -2.19. The molecule has 114 valence electrons. The third-order valence-corrected chi connectivity index (χ3v) is 3.06. The molecule has 8 nitrogen and oxygen atoms in total. The first-order valence-corrected chi connectivity index (χ1v) is 6.41. The number of aromatic nitrogens is 4. The predicted molar refractivity (Wildman–Crippen MR) is 76.9 cm³/mol. The Morgan fingerprint density at radius 3 is 2.76 bits per heavy atom. The number of nitrogen functional groups attached to an aromatic ring is 1. The summed E-state index contributed by atoms with van der Waals surface area (Å²) >= 11 is 0. The average Bonchev–Trinajstić information content (AvgIpc) is 2.94. The summed E-state index contributed by atoms with van der Waals surface area (Å²) in [6.45, 7) is 0.911. The van der Waals surface area contributed by atoms with Crippen LogP contribution in [0.5, 0.6) is 5.75 Å². The van der Waals surface area contributed by atoms with Crippen LogP contribution in [-0.2, 0) is 16.0 Å². The van der Waals surface area contributed by atoms with Crippen LogP contribution in [0, 0.1) is 0 Å². The molecule has 2 rings (SSSR count). The second kappa shape index (κ2) is 7.00. The maximum absolute atomic E-state index is 5.84. The lowest BCUT2D eigenvalue weighted by Crippen LogP contribution is -2.25. The molecule has 0 spiro atoms. The van der Waals surface area contributed by atoms with Gasteiger partial charge in [-0.15, -0.1) is 5.10 Å². The number of hydrogen-bond donors (Lipinski definition) is 1. The van der Waals surface area contributed by atoms with Crippen molar-refractivity contribution in [2.45, 2.75) is 12.6 Å². The first-order chi connectivity index (χ1) is 10.2. The van der Waals surface area contributed by atoms with Crippen LogP contribution in [0.15, 0.2) is 18.2 Å². The fourth-order valence-electron chi connectivity index (χ4n) is 1.99. The van der Waals surface area contributed by atoms with Crippen molar-refractivity contribution >= 4 is 5.69 Å². The maximum atomic E-state index is 5.84. The Morgan fingerprint density at radius 1 is 1.29 bits per heavy atom. The molecule has 0 aliphatic carbocycles. The molecule has 21 heavy (non-hydrogen) atoms. The molecule has 0 saturated carbocycles. The molecule has 0 radical (unpaired) electrons. The van der Waals surface area contributed by atoms with E-state index < -0.39 is 0 Å². The summed E-state index contributed by atoms with van der Waals surface area (Å²) in [7, 11) is 4.83. The lowest BCUT2D eigenvalue weighted by molar-refractivity contribution is 0.0163. The smallest absolute Gasteiger partial charge is 0.185 e. The van der Waals surface area contributed by atoms with Crippen molar-refractivity contribution in [3.05, 3.63) is 18.2 Å². The Kier molecular flexibility index (Phi) is 5.07. The van der Waals surface area contributed by atoms with Crippen LogP contribution in [0.3, 0.4) is 0 Å². The monoisotopic (exact) mass is 293 g/mol. The van der Waals surface area contributed by atoms with Gasteiger partial charge in [-0.25, -0.2) is 4.68 Å². The Labute approximate surface area is 122 Å². The summed E-state index contributed by atoms with van der Waals surface area (Å²) in [5.74, 6) is 1.22. The van der Waals surface area contributed by atoms with E-state index >= 15 is 0 Å². The number of hydrogen-bond acceptors (Lipinski definition) is 7. The van der Waals surface area contributed by atoms with Gasteiger partial charge in [0.25, 0.3) is 0 Å². The van der Waals surface area contributed by atoms with Gasteiger partial charge in [-0.2, -0.15) is 0 Å². The third-order valence-electron chi connectivity index (χ3n) is 3.06. The highest BCUT2D eigenvalue weighted by Gasteiger charge is 2.17. The van der Waals surface area contributed by atoms with Gasteiger partial charge in [-0.3, -0.25) is 0 Å². The molecule has 0 saturated heterocycles. The molecule has 1 atom stereocenters. The highest BCUT2D eigenvalue weighted by Crippen LogP contribution is 2.30. The zero-order valence-electron chi connectivity index (χ0n) is 12.3. The molecule has 2 aromatic rings. The molecule has 0 aliphatic rings. The molecule has 2 N–H and O–H groups in total. The van der Waals surface area contributed by atoms with E-state index in [0.29, 0.717) is 30.4 Å². The van der Waals surface area contributed by atoms with Gasteiger partial charge in [0.2, 0.25) is 0 Å². The molecule has 8 heteroatoms. The Bertz CT molecular complexity index is 587. The zero-order chi connectivity index (χ0) is 15.2. The van der Waals surface area contributed by atoms with E-state index in [1.807, 2.05) is 0 Å². The fourth-order valence-corrected chi connectivity index (χ4v) is 1.99. The van der Waals surface area contributed by atoms with Gasteiger partial charge in [0.1, 0.15) is 11.9 Å². The van der Waals surface area contributed by atoms with Gasteiger partial charge in [0, 0.05) is 19.9 Å². The van der Waals surface area contributed by atoms with Crippen LogP contribution < -0.4 is 10.5 Å². The van der Waals surface area contributed by atoms with Crippen molar-refractivity contribution in [3.63, 3.8) is 0 Å². The van der Waals surface area contributed by atoms with E-state index in [2.05, 4.69) is 15.5 Å². The lowest BCUT2D eigenvalue weighted by atomic mass is 10.1. The molecule has 1 unspecified atom stereocenters. The van der Waals surface area contributed by atoms with E-state index in [-0.39, 0.29) is 6.10 Å². The average molecular weight is 293 g/mol. The summed E-state index contributed by atoms with van der Waals surface area (Å²) < 4.78 is 17.4. The molecule has 1 heterocycles. The summed E-state index contributed by atoms with van der Waals surface area (Å²) in [6.07, 6.45) is -0.149. The minimum Gasteiger partial charge on any atom is -0.496 e. The highest BCUT2D eigenvalue weighted by atomic mass is 16.5. The van der Waals surface area contributed by atoms with Crippen molar-refractivity contribution in [1.82, 2.24) is 20.2 Å². The van der Waals surface area contributed by atoms with Gasteiger partial charge in [-0.1, -0.05) is 0 Å². The quantitative estimate of drug-likeness (QED) is 0.746. The number of anilines is 1. The topological polar surface area (TPSA) is 97.3 Å². The van der Waals surface area contributed by atoms with Crippen molar-refractivity contribution in [2.75, 3.05) is 33.7 Å². The van der Waals surface area contributed by atoms with Crippen molar-refractivity contribution in [1.29, 1.82) is 0 Å². The van der Waals surface area contributed by atoms with Gasteiger partial charge < -0.3 is 19.9 Å². The van der Waals surface area contributed by atoms with Crippen molar-refractivity contribution < 1.29 is 14.2 Å². The standard InChI is InChI=1S/C13H19N5O3/c1-19-8-10(20-2)7-18-13(15-16-17-18)11-6-9(14)4-5-12(11)21-3/h4-6,10H,7-8,14H2,1-3H3. The molecule has 1 aromatic carbocycles. The van der Waals surface area contributed by atoms with Crippen molar-refractivity contribution in [2.24, 2.45) is 0 Å². The fraction of sp³-hybridized carbons (Fsp3) is 0.462. The molecule has 0 fully saturated rings. The molecule has 1 aromatic heterocycles. The first kappa shape index (κ1) is 15.2. The van der Waals surface area contributed by atoms with Gasteiger partial charge in [-0.05, 0) is 28.6 Å². The summed E-state index contributed by atoms with van der Waals surface area (Å²) in [5, 5.41) is 11.8. The lowest BCUT2D eigenvalue weighted by Gasteiger charge is -2.15. The number of benzene rings is 1. The minimum atomic E-state index is -0.149. The molecule has 0 aliphatic heterocycles. The Balaban J connectivity index is 2.34. The summed E-state index contributed by atoms with van der Waals surface area (Å²) in [4.78, 5) is 0. The van der Waals surface area contributed by atoms with Gasteiger partial charge >= 0.3 is 0 Å². The van der Waals surface area contributed by atoms with E-state index in [1.165, 1.54) is 0 Å². The van der Waals surface area contributed by atoms with Crippen LogP contribution in [0.1, 0.15) is 0 Å². The van der Waals surface area contributed by atoms with E-state index in [4.69, 9.17) is 19.9 Å². The number of rotatable bonds is 7. The number of methoxy groups -OCH3 is 3. The largest absolute Gasteiger partial charge is 0.496 e. The van der Waals surface area contributed by atoms with Crippen LogP contribution in [0.25, 0.3) is 11.4 Å². The molecular formula is C13H19N5O3. The predicted octanol–water partition coefficient (Wildman–Crippen LogP) is 0.592. The van der Waals surface area contributed by atoms with Gasteiger partial charge in [0.05, 0.1) is 25.8 Å². The van der Waals surface area contributed by atoms with Crippen molar-refractivity contribution in [3.8, 4) is 17.1 Å². The number of ether oxygens (including phenoxy) is 3. The van der Waals surface area contributed by atoms with E-state index in [1.54, 1.807) is 44.2 Å². The van der Waals surface area contributed by atoms with Gasteiger partial charge in [0.15, 0.2) is 5.82 Å². The number of nitrogens with two attached hydrogens (primary N) is 1. The Morgan fingerprint density at radius 2 is 2.10 bits per heavy atom. The van der Waals surface area contributed by atoms with E-state index in [9.17, 15) is 0 Å². The highest BCUT2D eigenvalue weighted by molar-refractivity contribution is 5.68.